The summed E-state index contributed by atoms with van der Waals surface area (Å²) in [6, 6.07) is 10.9. The maximum atomic E-state index is 13.0. The van der Waals surface area contributed by atoms with Gasteiger partial charge in [0.15, 0.2) is 6.61 Å². The molecule has 0 aliphatic carbocycles. The van der Waals surface area contributed by atoms with Crippen molar-refractivity contribution < 1.29 is 23.5 Å². The van der Waals surface area contributed by atoms with Gasteiger partial charge in [-0.25, -0.2) is 9.18 Å². The van der Waals surface area contributed by atoms with E-state index in [1.54, 1.807) is 24.3 Å². The average molecular weight is 364 g/mol. The van der Waals surface area contributed by atoms with E-state index in [0.717, 1.165) is 6.07 Å². The zero-order chi connectivity index (χ0) is 18.2. The number of methoxy groups -OCH3 is 1. The zero-order valence-electron chi connectivity index (χ0n) is 13.3. The molecular formula is C18H15ClFNO4. The molecule has 0 aromatic heterocycles. The van der Waals surface area contributed by atoms with Crippen molar-refractivity contribution in [1.82, 2.24) is 0 Å². The van der Waals surface area contributed by atoms with Crippen LogP contribution in [0.3, 0.4) is 0 Å². The number of halogens is 2. The van der Waals surface area contributed by atoms with Crippen molar-refractivity contribution in [2.75, 3.05) is 19.0 Å². The van der Waals surface area contributed by atoms with Gasteiger partial charge < -0.3 is 14.8 Å². The van der Waals surface area contributed by atoms with Gasteiger partial charge in [0.05, 0.1) is 12.1 Å². The Morgan fingerprint density at radius 2 is 2.00 bits per heavy atom. The Morgan fingerprint density at radius 3 is 2.72 bits per heavy atom. The number of para-hydroxylation sites is 1. The van der Waals surface area contributed by atoms with Gasteiger partial charge in [0.25, 0.3) is 5.91 Å². The predicted octanol–water partition coefficient (Wildman–Crippen LogP) is 3.68. The topological polar surface area (TPSA) is 64.6 Å². The van der Waals surface area contributed by atoms with Crippen LogP contribution in [0.15, 0.2) is 48.5 Å². The van der Waals surface area contributed by atoms with Crippen molar-refractivity contribution in [2.24, 2.45) is 0 Å². The van der Waals surface area contributed by atoms with E-state index >= 15 is 0 Å². The van der Waals surface area contributed by atoms with E-state index < -0.39 is 24.3 Å². The van der Waals surface area contributed by atoms with E-state index in [1.807, 2.05) is 0 Å². The van der Waals surface area contributed by atoms with E-state index in [-0.39, 0.29) is 5.02 Å². The third-order valence-corrected chi connectivity index (χ3v) is 3.38. The summed E-state index contributed by atoms with van der Waals surface area (Å²) in [5.41, 5.74) is 1.00. The summed E-state index contributed by atoms with van der Waals surface area (Å²) < 4.78 is 23.0. The minimum Gasteiger partial charge on any atom is -0.496 e. The quantitative estimate of drug-likeness (QED) is 0.628. The van der Waals surface area contributed by atoms with Crippen molar-refractivity contribution in [3.63, 3.8) is 0 Å². The van der Waals surface area contributed by atoms with Crippen molar-refractivity contribution in [3.8, 4) is 5.75 Å². The normalized spacial score (nSPS) is 10.5. The molecule has 25 heavy (non-hydrogen) atoms. The van der Waals surface area contributed by atoms with Crippen LogP contribution in [0.5, 0.6) is 5.75 Å². The van der Waals surface area contributed by atoms with Gasteiger partial charge in [-0.05, 0) is 30.3 Å². The summed E-state index contributed by atoms with van der Waals surface area (Å²) in [5, 5.41) is 2.33. The van der Waals surface area contributed by atoms with Crippen molar-refractivity contribution >= 4 is 35.2 Å². The number of carbonyl (C=O) groups excluding carboxylic acids is 2. The Kier molecular flexibility index (Phi) is 6.54. The minimum absolute atomic E-state index is 0.116. The maximum Gasteiger partial charge on any atom is 0.331 e. The first kappa shape index (κ1) is 18.5. The molecule has 2 aromatic carbocycles. The molecule has 7 heteroatoms. The summed E-state index contributed by atoms with van der Waals surface area (Å²) in [7, 11) is 1.52. The van der Waals surface area contributed by atoms with Gasteiger partial charge >= 0.3 is 5.97 Å². The number of amides is 1. The van der Waals surface area contributed by atoms with Crippen LogP contribution in [0.1, 0.15) is 5.56 Å². The van der Waals surface area contributed by atoms with Crippen molar-refractivity contribution in [3.05, 3.63) is 64.9 Å². The van der Waals surface area contributed by atoms with Crippen LogP contribution in [0, 0.1) is 5.82 Å². The lowest BCUT2D eigenvalue weighted by Gasteiger charge is -2.06. The number of hydrogen-bond acceptors (Lipinski definition) is 4. The smallest absolute Gasteiger partial charge is 0.331 e. The molecule has 0 spiro atoms. The van der Waals surface area contributed by atoms with Crippen LogP contribution in [0.25, 0.3) is 6.08 Å². The summed E-state index contributed by atoms with van der Waals surface area (Å²) >= 11 is 5.62. The lowest BCUT2D eigenvalue weighted by molar-refractivity contribution is -0.142. The monoisotopic (exact) mass is 363 g/mol. The lowest BCUT2D eigenvalue weighted by Crippen LogP contribution is -2.20. The van der Waals surface area contributed by atoms with Crippen LogP contribution < -0.4 is 10.1 Å². The Morgan fingerprint density at radius 1 is 1.24 bits per heavy atom. The first-order valence-electron chi connectivity index (χ1n) is 7.22. The van der Waals surface area contributed by atoms with Crippen LogP contribution in [-0.2, 0) is 14.3 Å². The van der Waals surface area contributed by atoms with E-state index in [4.69, 9.17) is 21.1 Å². The highest BCUT2D eigenvalue weighted by molar-refractivity contribution is 6.31. The third-order valence-electron chi connectivity index (χ3n) is 3.09. The zero-order valence-corrected chi connectivity index (χ0v) is 14.0. The van der Waals surface area contributed by atoms with E-state index in [0.29, 0.717) is 17.0 Å². The third kappa shape index (κ3) is 5.61. The number of anilines is 1. The van der Waals surface area contributed by atoms with Gasteiger partial charge in [0, 0.05) is 17.3 Å². The molecule has 0 saturated carbocycles. The highest BCUT2D eigenvalue weighted by Crippen LogP contribution is 2.19. The van der Waals surface area contributed by atoms with Gasteiger partial charge in [-0.2, -0.15) is 0 Å². The van der Waals surface area contributed by atoms with Crippen molar-refractivity contribution in [2.45, 2.75) is 0 Å². The van der Waals surface area contributed by atoms with Gasteiger partial charge in [0.2, 0.25) is 0 Å². The van der Waals surface area contributed by atoms with Crippen LogP contribution >= 0.6 is 11.6 Å². The van der Waals surface area contributed by atoms with Crippen molar-refractivity contribution in [1.29, 1.82) is 0 Å². The summed E-state index contributed by atoms with van der Waals surface area (Å²) in [4.78, 5) is 23.4. The second-order valence-corrected chi connectivity index (χ2v) is 5.27. The molecule has 0 fully saturated rings. The molecule has 130 valence electrons. The molecule has 0 saturated heterocycles. The summed E-state index contributed by atoms with van der Waals surface area (Å²) in [6.45, 7) is -0.482. The SMILES string of the molecule is COc1ccccc1/C=C/C(=O)OCC(=O)Nc1ccc(F)c(Cl)c1. The number of ether oxygens (including phenoxy) is 2. The molecule has 1 amide bonds. The fourth-order valence-corrected chi connectivity index (χ4v) is 2.10. The van der Waals surface area contributed by atoms with E-state index in [2.05, 4.69) is 5.32 Å². The first-order valence-corrected chi connectivity index (χ1v) is 7.60. The van der Waals surface area contributed by atoms with E-state index in [1.165, 1.54) is 31.4 Å². The van der Waals surface area contributed by atoms with Crippen LogP contribution in [-0.4, -0.2) is 25.6 Å². The van der Waals surface area contributed by atoms with E-state index in [9.17, 15) is 14.0 Å². The molecule has 5 nitrogen and oxygen atoms in total. The first-order chi connectivity index (χ1) is 12.0. The van der Waals surface area contributed by atoms with Crippen LogP contribution in [0.2, 0.25) is 5.02 Å². The molecule has 0 aliphatic rings. The molecule has 0 heterocycles. The minimum atomic E-state index is -0.682. The number of esters is 1. The number of carbonyl (C=O) groups is 2. The Hall–Kier alpha value is -2.86. The molecule has 0 aliphatic heterocycles. The summed E-state index contributed by atoms with van der Waals surface area (Å²) in [5.74, 6) is -1.23. The Balaban J connectivity index is 1.85. The molecule has 2 rings (SSSR count). The van der Waals surface area contributed by atoms with Gasteiger partial charge in [-0.1, -0.05) is 29.8 Å². The number of benzene rings is 2. The molecule has 0 bridgehead atoms. The molecule has 2 aromatic rings. The maximum absolute atomic E-state index is 13.0. The Labute approximate surface area is 149 Å². The molecule has 0 radical (unpaired) electrons. The largest absolute Gasteiger partial charge is 0.496 e. The standard InChI is InChI=1S/C18H15ClFNO4/c1-24-16-5-3-2-4-12(16)6-9-18(23)25-11-17(22)21-13-7-8-15(20)14(19)10-13/h2-10H,11H2,1H3,(H,21,22)/b9-6+. The highest BCUT2D eigenvalue weighted by Gasteiger charge is 2.08. The second kappa shape index (κ2) is 8.84. The van der Waals surface area contributed by atoms with Gasteiger partial charge in [0.1, 0.15) is 11.6 Å². The predicted molar refractivity (Wildman–Crippen MR) is 93.0 cm³/mol. The molecule has 1 N–H and O–H groups in total. The lowest BCUT2D eigenvalue weighted by atomic mass is 10.2. The van der Waals surface area contributed by atoms with Crippen LogP contribution in [0.4, 0.5) is 10.1 Å². The van der Waals surface area contributed by atoms with Gasteiger partial charge in [-0.15, -0.1) is 0 Å². The fraction of sp³-hybridized carbons (Fsp3) is 0.111. The number of hydrogen-bond donors (Lipinski definition) is 1. The number of nitrogens with one attached hydrogen (secondary N) is 1. The fourth-order valence-electron chi connectivity index (χ4n) is 1.92. The average Bonchev–Trinajstić information content (AvgIpc) is 2.61. The molecule has 0 unspecified atom stereocenters. The number of rotatable bonds is 6. The summed E-state index contributed by atoms with van der Waals surface area (Å²) in [6.07, 6.45) is 2.72. The molecular weight excluding hydrogens is 349 g/mol. The second-order valence-electron chi connectivity index (χ2n) is 4.86. The molecule has 0 atom stereocenters. The highest BCUT2D eigenvalue weighted by atomic mass is 35.5. The Bertz CT molecular complexity index is 807. The van der Waals surface area contributed by atoms with Gasteiger partial charge in [-0.3, -0.25) is 4.79 Å².